The third-order valence-corrected chi connectivity index (χ3v) is 4.76. The van der Waals surface area contributed by atoms with Crippen molar-refractivity contribution in [2.75, 3.05) is 27.2 Å². The lowest BCUT2D eigenvalue weighted by Crippen LogP contribution is -2.40. The number of aliphatic hydroxyl groups is 1. The molecular weight excluding hydrogens is 271 g/mol. The Morgan fingerprint density at radius 1 is 1.33 bits per heavy atom. The Hall–Kier alpha value is -1.46. The second-order valence-electron chi connectivity index (χ2n) is 6.37. The molecule has 2 fully saturated rings. The number of rotatable bonds is 3. The molecule has 1 aliphatic heterocycles. The molecule has 0 bridgehead atoms. The van der Waals surface area contributed by atoms with Crippen LogP contribution in [0.4, 0.5) is 4.39 Å². The lowest BCUT2D eigenvalue weighted by molar-refractivity contribution is -0.133. The zero-order chi connectivity index (χ0) is 15.2. The van der Waals surface area contributed by atoms with Gasteiger partial charge in [-0.25, -0.2) is 4.39 Å². The molecule has 4 nitrogen and oxygen atoms in total. The van der Waals surface area contributed by atoms with E-state index in [1.54, 1.807) is 23.1 Å². The van der Waals surface area contributed by atoms with Gasteiger partial charge in [-0.15, -0.1) is 0 Å². The van der Waals surface area contributed by atoms with Gasteiger partial charge in [0, 0.05) is 18.7 Å². The fraction of sp³-hybridized carbons (Fsp3) is 0.562. The van der Waals surface area contributed by atoms with Crippen LogP contribution >= 0.6 is 0 Å². The van der Waals surface area contributed by atoms with E-state index in [4.69, 9.17) is 0 Å². The number of halogens is 1. The van der Waals surface area contributed by atoms with Crippen LogP contribution in [0.5, 0.6) is 0 Å². The Kier molecular flexibility index (Phi) is 3.50. The van der Waals surface area contributed by atoms with Crippen LogP contribution in [-0.4, -0.2) is 60.1 Å². The molecule has 5 heteroatoms. The fourth-order valence-corrected chi connectivity index (χ4v) is 3.32. The van der Waals surface area contributed by atoms with Crippen molar-refractivity contribution < 1.29 is 14.3 Å². The Morgan fingerprint density at radius 3 is 2.52 bits per heavy atom. The van der Waals surface area contributed by atoms with Gasteiger partial charge in [-0.2, -0.15) is 0 Å². The van der Waals surface area contributed by atoms with Gasteiger partial charge in [0.25, 0.3) is 0 Å². The highest BCUT2D eigenvalue weighted by Crippen LogP contribution is 2.50. The molecule has 0 unspecified atom stereocenters. The Labute approximate surface area is 124 Å². The predicted octanol–water partition coefficient (Wildman–Crippen LogP) is 0.991. The molecule has 1 amide bonds. The van der Waals surface area contributed by atoms with Crippen molar-refractivity contribution in [2.24, 2.45) is 0 Å². The number of benzene rings is 1. The van der Waals surface area contributed by atoms with E-state index in [1.807, 2.05) is 19.0 Å². The monoisotopic (exact) mass is 292 g/mol. The molecule has 21 heavy (non-hydrogen) atoms. The summed E-state index contributed by atoms with van der Waals surface area (Å²) in [6, 6.07) is 6.47. The third kappa shape index (κ3) is 2.34. The molecular formula is C16H21FN2O2. The normalized spacial score (nSPS) is 27.2. The summed E-state index contributed by atoms with van der Waals surface area (Å²) >= 11 is 0. The zero-order valence-electron chi connectivity index (χ0n) is 12.4. The number of aliphatic hydroxyl groups excluding tert-OH is 1. The molecule has 0 radical (unpaired) electrons. The Balaban J connectivity index is 1.82. The number of carbonyl (C=O) groups is 1. The molecule has 1 aliphatic carbocycles. The van der Waals surface area contributed by atoms with Crippen LogP contribution in [0.3, 0.4) is 0 Å². The van der Waals surface area contributed by atoms with E-state index in [2.05, 4.69) is 0 Å². The third-order valence-electron chi connectivity index (χ3n) is 4.76. The highest BCUT2D eigenvalue weighted by atomic mass is 19.1. The number of carbonyl (C=O) groups excluding carboxylic acids is 1. The molecule has 1 N–H and O–H groups in total. The van der Waals surface area contributed by atoms with Crippen molar-refractivity contribution in [3.05, 3.63) is 35.6 Å². The van der Waals surface area contributed by atoms with E-state index in [0.717, 1.165) is 0 Å². The van der Waals surface area contributed by atoms with Crippen LogP contribution in [0.1, 0.15) is 18.4 Å². The van der Waals surface area contributed by atoms with E-state index in [0.29, 0.717) is 31.5 Å². The van der Waals surface area contributed by atoms with Crippen LogP contribution in [-0.2, 0) is 10.2 Å². The van der Waals surface area contributed by atoms with Gasteiger partial charge < -0.3 is 14.9 Å². The number of nitrogens with zero attached hydrogens (tertiary/aromatic N) is 2. The zero-order valence-corrected chi connectivity index (χ0v) is 12.4. The fourth-order valence-electron chi connectivity index (χ4n) is 3.32. The van der Waals surface area contributed by atoms with Gasteiger partial charge in [0.2, 0.25) is 5.91 Å². The highest BCUT2D eigenvalue weighted by molar-refractivity contribution is 5.91. The molecule has 2 atom stereocenters. The van der Waals surface area contributed by atoms with Crippen LogP contribution in [0.2, 0.25) is 0 Å². The van der Waals surface area contributed by atoms with E-state index in [-0.39, 0.29) is 17.8 Å². The van der Waals surface area contributed by atoms with Crippen LogP contribution in [0, 0.1) is 5.82 Å². The number of hydrogen-bond acceptors (Lipinski definition) is 3. The first kappa shape index (κ1) is 14.5. The minimum atomic E-state index is -0.702. The van der Waals surface area contributed by atoms with Crippen molar-refractivity contribution in [2.45, 2.75) is 30.4 Å². The molecule has 3 rings (SSSR count). The number of amides is 1. The van der Waals surface area contributed by atoms with Crippen molar-refractivity contribution in [1.29, 1.82) is 0 Å². The minimum Gasteiger partial charge on any atom is -0.390 e. The van der Waals surface area contributed by atoms with E-state index < -0.39 is 11.5 Å². The van der Waals surface area contributed by atoms with Crippen molar-refractivity contribution >= 4 is 5.91 Å². The molecule has 0 spiro atoms. The second kappa shape index (κ2) is 5.07. The molecule has 1 aromatic carbocycles. The molecule has 1 aromatic rings. The molecule has 114 valence electrons. The summed E-state index contributed by atoms with van der Waals surface area (Å²) in [6.07, 6.45) is 0.832. The standard InChI is InChI=1S/C16H21FN2O2/c1-18(2)13-9-19(10-14(13)20)15(21)16(7-8-16)11-5-3-4-6-12(11)17/h3-6,13-14,20H,7-10H2,1-2H3/t13-,14-/m1/s1. The SMILES string of the molecule is CN(C)[C@@H]1CN(C(=O)C2(c3ccccc3F)CC2)C[C@H]1O. The quantitative estimate of drug-likeness (QED) is 0.903. The van der Waals surface area contributed by atoms with E-state index in [9.17, 15) is 14.3 Å². The Morgan fingerprint density at radius 2 is 2.00 bits per heavy atom. The maximum absolute atomic E-state index is 14.0. The van der Waals surface area contributed by atoms with Crippen LogP contribution < -0.4 is 0 Å². The van der Waals surface area contributed by atoms with Gasteiger partial charge >= 0.3 is 0 Å². The first-order valence-corrected chi connectivity index (χ1v) is 7.34. The molecule has 1 saturated carbocycles. The molecule has 1 saturated heterocycles. The highest BCUT2D eigenvalue weighted by Gasteiger charge is 2.55. The lowest BCUT2D eigenvalue weighted by atomic mass is 9.94. The first-order chi connectivity index (χ1) is 9.95. The molecule has 0 aromatic heterocycles. The Bertz CT molecular complexity index is 557. The average Bonchev–Trinajstić information content (AvgIpc) is 3.15. The van der Waals surface area contributed by atoms with Gasteiger partial charge in [-0.05, 0) is 33.0 Å². The summed E-state index contributed by atoms with van der Waals surface area (Å²) in [7, 11) is 3.79. The summed E-state index contributed by atoms with van der Waals surface area (Å²) in [5, 5.41) is 10.1. The number of hydrogen-bond donors (Lipinski definition) is 1. The average molecular weight is 292 g/mol. The number of likely N-dealkylation sites (tertiary alicyclic amines) is 1. The van der Waals surface area contributed by atoms with Gasteiger partial charge in [0.05, 0.1) is 17.6 Å². The number of β-amino-alcohol motifs (C(OH)–C–C–N with tert-alkyl or cyclic N) is 1. The van der Waals surface area contributed by atoms with Gasteiger partial charge in [0.15, 0.2) is 0 Å². The van der Waals surface area contributed by atoms with Crippen molar-refractivity contribution in [3.63, 3.8) is 0 Å². The summed E-state index contributed by atoms with van der Waals surface area (Å²) in [4.78, 5) is 16.4. The van der Waals surface area contributed by atoms with Gasteiger partial charge in [-0.3, -0.25) is 4.79 Å². The lowest BCUT2D eigenvalue weighted by Gasteiger charge is -2.25. The maximum Gasteiger partial charge on any atom is 0.233 e. The summed E-state index contributed by atoms with van der Waals surface area (Å²) in [5.41, 5.74) is -0.204. The molecule has 1 heterocycles. The minimum absolute atomic E-state index is 0.0454. The topological polar surface area (TPSA) is 43.8 Å². The number of likely N-dealkylation sites (N-methyl/N-ethyl adjacent to an activating group) is 1. The van der Waals surface area contributed by atoms with Crippen LogP contribution in [0.15, 0.2) is 24.3 Å². The predicted molar refractivity (Wildman–Crippen MR) is 77.4 cm³/mol. The van der Waals surface area contributed by atoms with Crippen LogP contribution in [0.25, 0.3) is 0 Å². The van der Waals surface area contributed by atoms with E-state index >= 15 is 0 Å². The van der Waals surface area contributed by atoms with Gasteiger partial charge in [0.1, 0.15) is 5.82 Å². The molecule has 2 aliphatic rings. The smallest absolute Gasteiger partial charge is 0.233 e. The first-order valence-electron chi connectivity index (χ1n) is 7.34. The maximum atomic E-state index is 14.0. The van der Waals surface area contributed by atoms with Gasteiger partial charge in [-0.1, -0.05) is 18.2 Å². The second-order valence-corrected chi connectivity index (χ2v) is 6.37. The summed E-state index contributed by atoms with van der Waals surface area (Å²) in [5.74, 6) is -0.358. The summed E-state index contributed by atoms with van der Waals surface area (Å²) < 4.78 is 14.0. The van der Waals surface area contributed by atoms with Crippen molar-refractivity contribution in [1.82, 2.24) is 9.80 Å². The summed E-state index contributed by atoms with van der Waals surface area (Å²) in [6.45, 7) is 0.834. The van der Waals surface area contributed by atoms with Crippen molar-refractivity contribution in [3.8, 4) is 0 Å². The largest absolute Gasteiger partial charge is 0.390 e. The van der Waals surface area contributed by atoms with E-state index in [1.165, 1.54) is 6.07 Å².